The number of nitro benzene ring substituents is 1. The zero-order valence-electron chi connectivity index (χ0n) is 13.3. The van der Waals surface area contributed by atoms with Crippen molar-refractivity contribution in [1.82, 2.24) is 4.57 Å². The highest BCUT2D eigenvalue weighted by atomic mass is 19.4. The fourth-order valence-corrected chi connectivity index (χ4v) is 2.41. The number of non-ortho nitro benzene ring substituents is 1. The van der Waals surface area contributed by atoms with E-state index in [0.29, 0.717) is 0 Å². The van der Waals surface area contributed by atoms with Crippen molar-refractivity contribution in [3.8, 4) is 0 Å². The molecule has 0 saturated carbocycles. The van der Waals surface area contributed by atoms with Gasteiger partial charge in [-0.1, -0.05) is 0 Å². The fourth-order valence-electron chi connectivity index (χ4n) is 2.41. The van der Waals surface area contributed by atoms with E-state index in [2.05, 4.69) is 5.32 Å². The summed E-state index contributed by atoms with van der Waals surface area (Å²) in [4.78, 5) is 34.1. The summed E-state index contributed by atoms with van der Waals surface area (Å²) >= 11 is 0. The Morgan fingerprint density at radius 1 is 1.19 bits per heavy atom. The molecule has 1 aromatic heterocycles. The van der Waals surface area contributed by atoms with Crippen LogP contribution in [0.5, 0.6) is 0 Å². The third kappa shape index (κ3) is 3.81. The monoisotopic (exact) mass is 381 g/mol. The largest absolute Gasteiger partial charge is 0.420 e. The van der Waals surface area contributed by atoms with Gasteiger partial charge in [-0.3, -0.25) is 19.5 Å². The van der Waals surface area contributed by atoms with E-state index in [1.165, 1.54) is 6.07 Å². The topological polar surface area (TPSA) is 107 Å². The Morgan fingerprint density at radius 2 is 1.85 bits per heavy atom. The smallest absolute Gasteiger partial charge is 0.407 e. The Hall–Kier alpha value is -3.63. The third-order valence-electron chi connectivity index (χ3n) is 3.66. The second-order valence-corrected chi connectivity index (χ2v) is 5.49. The number of alkyl halides is 3. The molecule has 0 saturated heterocycles. The number of carbonyl (C=O) groups is 1. The Balaban J connectivity index is 1.79. The minimum absolute atomic E-state index is 0.0588. The second kappa shape index (κ2) is 6.59. The van der Waals surface area contributed by atoms with Crippen LogP contribution in [0.15, 0.2) is 51.7 Å². The molecule has 27 heavy (non-hydrogen) atoms. The van der Waals surface area contributed by atoms with Gasteiger partial charge in [0.15, 0.2) is 5.58 Å². The third-order valence-corrected chi connectivity index (χ3v) is 3.66. The summed E-state index contributed by atoms with van der Waals surface area (Å²) in [7, 11) is 0. The molecule has 1 amide bonds. The highest BCUT2D eigenvalue weighted by Crippen LogP contribution is 2.29. The lowest BCUT2D eigenvalue weighted by molar-refractivity contribution is -0.384. The van der Waals surface area contributed by atoms with E-state index in [1.807, 2.05) is 0 Å². The molecule has 0 bridgehead atoms. The van der Waals surface area contributed by atoms with Crippen molar-refractivity contribution >= 4 is 28.4 Å². The number of nitrogens with one attached hydrogen (secondary N) is 1. The van der Waals surface area contributed by atoms with Crippen LogP contribution < -0.4 is 11.1 Å². The number of rotatable bonds is 4. The number of hydrogen-bond acceptors (Lipinski definition) is 5. The summed E-state index contributed by atoms with van der Waals surface area (Å²) in [5.74, 6) is -1.58. The molecule has 8 nitrogen and oxygen atoms in total. The summed E-state index contributed by atoms with van der Waals surface area (Å²) < 4.78 is 43.4. The molecule has 0 aliphatic carbocycles. The van der Waals surface area contributed by atoms with Gasteiger partial charge in [0.1, 0.15) is 6.54 Å². The first kappa shape index (κ1) is 18.2. The average molecular weight is 381 g/mol. The van der Waals surface area contributed by atoms with Crippen LogP contribution in [0.25, 0.3) is 11.1 Å². The summed E-state index contributed by atoms with van der Waals surface area (Å²) in [5, 5.41) is 13.1. The first-order chi connectivity index (χ1) is 12.6. The summed E-state index contributed by atoms with van der Waals surface area (Å²) in [6, 6.07) is 7.27. The van der Waals surface area contributed by atoms with E-state index in [0.717, 1.165) is 41.0 Å². The standard InChI is InChI=1S/C16H10F3N3O5/c17-16(18,19)9-1-3-10(4-2-9)20-14(23)8-21-12-6-5-11(22(25)26)7-13(12)27-15(21)24/h1-7H,8H2,(H,20,23). The van der Waals surface area contributed by atoms with Crippen molar-refractivity contribution < 1.29 is 27.3 Å². The molecule has 0 atom stereocenters. The number of hydrogen-bond donors (Lipinski definition) is 1. The Labute approximate surface area is 148 Å². The zero-order valence-corrected chi connectivity index (χ0v) is 13.3. The summed E-state index contributed by atoms with van der Waals surface area (Å²) in [6.07, 6.45) is -4.49. The minimum Gasteiger partial charge on any atom is -0.407 e. The summed E-state index contributed by atoms with van der Waals surface area (Å²) in [6.45, 7) is -0.481. The molecular formula is C16H10F3N3O5. The van der Waals surface area contributed by atoms with Crippen LogP contribution in [0.4, 0.5) is 24.5 Å². The van der Waals surface area contributed by atoms with Gasteiger partial charge >= 0.3 is 11.9 Å². The molecule has 1 heterocycles. The van der Waals surface area contributed by atoms with E-state index in [-0.39, 0.29) is 22.5 Å². The Bertz CT molecular complexity index is 1080. The normalized spacial score (nSPS) is 11.5. The maximum Gasteiger partial charge on any atom is 0.420 e. The number of amides is 1. The molecule has 0 aliphatic rings. The van der Waals surface area contributed by atoms with Crippen LogP contribution in [0.1, 0.15) is 5.56 Å². The average Bonchev–Trinajstić information content (AvgIpc) is 2.89. The number of carbonyl (C=O) groups excluding carboxylic acids is 1. The van der Waals surface area contributed by atoms with Gasteiger partial charge in [-0.05, 0) is 30.3 Å². The number of aromatic nitrogens is 1. The molecule has 3 aromatic rings. The molecule has 0 fully saturated rings. The molecule has 140 valence electrons. The number of fused-ring (bicyclic) bond motifs is 1. The first-order valence-electron chi connectivity index (χ1n) is 7.40. The van der Waals surface area contributed by atoms with Crippen LogP contribution in [-0.4, -0.2) is 15.4 Å². The van der Waals surface area contributed by atoms with Crippen LogP contribution in [0.2, 0.25) is 0 Å². The number of halogens is 3. The van der Waals surface area contributed by atoms with Gasteiger partial charge in [0, 0.05) is 11.8 Å². The van der Waals surface area contributed by atoms with Gasteiger partial charge in [0.05, 0.1) is 22.1 Å². The van der Waals surface area contributed by atoms with Crippen molar-refractivity contribution in [3.05, 3.63) is 68.7 Å². The van der Waals surface area contributed by atoms with Crippen molar-refractivity contribution in [2.75, 3.05) is 5.32 Å². The highest BCUT2D eigenvalue weighted by Gasteiger charge is 2.30. The van der Waals surface area contributed by atoms with E-state index in [4.69, 9.17) is 4.42 Å². The van der Waals surface area contributed by atoms with E-state index in [1.54, 1.807) is 0 Å². The second-order valence-electron chi connectivity index (χ2n) is 5.49. The van der Waals surface area contributed by atoms with Gasteiger partial charge in [0.2, 0.25) is 5.91 Å². The molecule has 0 unspecified atom stereocenters. The van der Waals surface area contributed by atoms with Crippen LogP contribution >= 0.6 is 0 Å². The molecule has 0 radical (unpaired) electrons. The number of nitrogens with zero attached hydrogens (tertiary/aromatic N) is 2. The van der Waals surface area contributed by atoms with Crippen molar-refractivity contribution in [2.24, 2.45) is 0 Å². The van der Waals surface area contributed by atoms with Gasteiger partial charge in [-0.25, -0.2) is 4.79 Å². The van der Waals surface area contributed by atoms with Crippen molar-refractivity contribution in [2.45, 2.75) is 12.7 Å². The molecule has 0 aliphatic heterocycles. The molecular weight excluding hydrogens is 371 g/mol. The molecule has 11 heteroatoms. The predicted molar refractivity (Wildman–Crippen MR) is 87.2 cm³/mol. The molecule has 3 rings (SSSR count). The highest BCUT2D eigenvalue weighted by molar-refractivity contribution is 5.91. The van der Waals surface area contributed by atoms with E-state index >= 15 is 0 Å². The van der Waals surface area contributed by atoms with Gasteiger partial charge in [-0.15, -0.1) is 0 Å². The lowest BCUT2D eigenvalue weighted by Gasteiger charge is -2.09. The Kier molecular flexibility index (Phi) is 4.44. The van der Waals surface area contributed by atoms with E-state index < -0.39 is 34.9 Å². The number of nitro groups is 1. The van der Waals surface area contributed by atoms with Crippen LogP contribution in [-0.2, 0) is 17.5 Å². The molecule has 1 N–H and O–H groups in total. The quantitative estimate of drug-likeness (QED) is 0.552. The van der Waals surface area contributed by atoms with Crippen LogP contribution in [0, 0.1) is 10.1 Å². The zero-order chi connectivity index (χ0) is 19.8. The predicted octanol–water partition coefficient (Wildman–Crippen LogP) is 3.16. The van der Waals surface area contributed by atoms with Gasteiger partial charge in [-0.2, -0.15) is 13.2 Å². The number of oxazole rings is 1. The lowest BCUT2D eigenvalue weighted by Crippen LogP contribution is -2.24. The lowest BCUT2D eigenvalue weighted by atomic mass is 10.2. The van der Waals surface area contributed by atoms with Crippen molar-refractivity contribution in [1.29, 1.82) is 0 Å². The fraction of sp³-hybridized carbons (Fsp3) is 0.125. The van der Waals surface area contributed by atoms with Gasteiger partial charge < -0.3 is 9.73 Å². The maximum atomic E-state index is 12.5. The van der Waals surface area contributed by atoms with Gasteiger partial charge in [0.25, 0.3) is 5.69 Å². The van der Waals surface area contributed by atoms with Crippen LogP contribution in [0.3, 0.4) is 0 Å². The number of anilines is 1. The Morgan fingerprint density at radius 3 is 2.44 bits per heavy atom. The van der Waals surface area contributed by atoms with E-state index in [9.17, 15) is 32.9 Å². The summed E-state index contributed by atoms with van der Waals surface area (Å²) in [5.41, 5.74) is -0.911. The molecule has 2 aromatic carbocycles. The molecule has 0 spiro atoms. The minimum atomic E-state index is -4.49. The van der Waals surface area contributed by atoms with Crippen molar-refractivity contribution in [3.63, 3.8) is 0 Å². The first-order valence-corrected chi connectivity index (χ1v) is 7.40. The SMILES string of the molecule is O=C(Cn1c(=O)oc2cc([N+](=O)[O-])ccc21)Nc1ccc(C(F)(F)F)cc1. The maximum absolute atomic E-state index is 12.5. The number of benzene rings is 2.